The topological polar surface area (TPSA) is 78.4 Å². The van der Waals surface area contributed by atoms with Crippen LogP contribution in [0.5, 0.6) is 0 Å². The Morgan fingerprint density at radius 1 is 1.21 bits per heavy atom. The molecule has 0 fully saturated rings. The van der Waals surface area contributed by atoms with Crippen molar-refractivity contribution in [2.45, 2.75) is 25.7 Å². The molecule has 1 atom stereocenters. The number of carbonyl (C=O) groups excluding carboxylic acids is 1. The smallest absolute Gasteiger partial charge is 0.314 e. The average molecular weight is 264 g/mol. The number of aliphatic carboxylic acids is 1. The Morgan fingerprint density at radius 2 is 1.89 bits per heavy atom. The van der Waals surface area contributed by atoms with Gasteiger partial charge < -0.3 is 15.7 Å². The Balaban J connectivity index is 2.47. The lowest BCUT2D eigenvalue weighted by Crippen LogP contribution is -2.39. The van der Waals surface area contributed by atoms with E-state index < -0.39 is 11.9 Å². The van der Waals surface area contributed by atoms with Crippen molar-refractivity contribution in [1.29, 1.82) is 0 Å². The van der Waals surface area contributed by atoms with Crippen molar-refractivity contribution in [3.8, 4) is 0 Å². The van der Waals surface area contributed by atoms with Crippen molar-refractivity contribution < 1.29 is 14.7 Å². The molecule has 5 nitrogen and oxygen atoms in total. The van der Waals surface area contributed by atoms with E-state index in [0.717, 1.165) is 12.8 Å². The number of urea groups is 1. The van der Waals surface area contributed by atoms with E-state index >= 15 is 0 Å². The van der Waals surface area contributed by atoms with Gasteiger partial charge in [0.25, 0.3) is 0 Å². The van der Waals surface area contributed by atoms with Crippen molar-refractivity contribution >= 4 is 12.0 Å². The van der Waals surface area contributed by atoms with Crippen LogP contribution in [0.25, 0.3) is 0 Å². The van der Waals surface area contributed by atoms with Gasteiger partial charge in [-0.15, -0.1) is 0 Å². The zero-order chi connectivity index (χ0) is 14.1. The Hall–Kier alpha value is -2.04. The SMILES string of the molecule is CCCCNC(=O)NCC(C(=O)O)c1ccccc1. The van der Waals surface area contributed by atoms with Gasteiger partial charge in [0.1, 0.15) is 0 Å². The number of carboxylic acids is 1. The predicted molar refractivity (Wildman–Crippen MR) is 73.1 cm³/mol. The second kappa shape index (κ2) is 8.13. The summed E-state index contributed by atoms with van der Waals surface area (Å²) < 4.78 is 0. The second-order valence-electron chi connectivity index (χ2n) is 4.29. The number of carboxylic acid groups (broad SMARTS) is 1. The number of hydrogen-bond donors (Lipinski definition) is 3. The van der Waals surface area contributed by atoms with Crippen molar-refractivity contribution in [2.75, 3.05) is 13.1 Å². The lowest BCUT2D eigenvalue weighted by Gasteiger charge is -2.14. The molecule has 2 amide bonds. The third kappa shape index (κ3) is 5.42. The average Bonchev–Trinajstić information content (AvgIpc) is 2.40. The Morgan fingerprint density at radius 3 is 2.47 bits per heavy atom. The predicted octanol–water partition coefficient (Wildman–Crippen LogP) is 1.95. The molecule has 1 aromatic rings. The summed E-state index contributed by atoms with van der Waals surface area (Å²) in [5.74, 6) is -1.67. The van der Waals surface area contributed by atoms with Crippen molar-refractivity contribution in [3.63, 3.8) is 0 Å². The number of nitrogens with one attached hydrogen (secondary N) is 2. The van der Waals surface area contributed by atoms with Crippen LogP contribution in [0.15, 0.2) is 30.3 Å². The molecule has 19 heavy (non-hydrogen) atoms. The number of hydrogen-bond acceptors (Lipinski definition) is 2. The van der Waals surface area contributed by atoms with E-state index in [1.807, 2.05) is 13.0 Å². The summed E-state index contributed by atoms with van der Waals surface area (Å²) in [6.45, 7) is 2.72. The number of unbranched alkanes of at least 4 members (excludes halogenated alkanes) is 1. The minimum absolute atomic E-state index is 0.0807. The second-order valence-corrected chi connectivity index (χ2v) is 4.29. The Labute approximate surface area is 113 Å². The van der Waals surface area contributed by atoms with Gasteiger partial charge in [-0.3, -0.25) is 4.79 Å². The molecule has 0 bridgehead atoms. The maximum absolute atomic E-state index is 11.5. The van der Waals surface area contributed by atoms with Crippen LogP contribution in [0.4, 0.5) is 4.79 Å². The first-order chi connectivity index (χ1) is 9.15. The molecule has 5 heteroatoms. The van der Waals surface area contributed by atoms with Crippen LogP contribution in [0.3, 0.4) is 0 Å². The molecule has 0 spiro atoms. The van der Waals surface area contributed by atoms with Gasteiger partial charge in [-0.2, -0.15) is 0 Å². The normalized spacial score (nSPS) is 11.6. The van der Waals surface area contributed by atoms with Gasteiger partial charge in [-0.25, -0.2) is 4.79 Å². The standard InChI is InChI=1S/C14H20N2O3/c1-2-3-9-15-14(19)16-10-12(13(17)18)11-7-5-4-6-8-11/h4-8,12H,2-3,9-10H2,1H3,(H,17,18)(H2,15,16,19). The monoisotopic (exact) mass is 264 g/mol. The summed E-state index contributed by atoms with van der Waals surface area (Å²) in [4.78, 5) is 22.7. The Kier molecular flexibility index (Phi) is 6.43. The highest BCUT2D eigenvalue weighted by molar-refractivity contribution is 5.79. The molecule has 0 heterocycles. The van der Waals surface area contributed by atoms with Gasteiger partial charge in [0.2, 0.25) is 0 Å². The highest BCUT2D eigenvalue weighted by Crippen LogP contribution is 2.14. The molecule has 0 saturated heterocycles. The van der Waals surface area contributed by atoms with Crippen LogP contribution in [0.2, 0.25) is 0 Å². The van der Waals surface area contributed by atoms with E-state index in [1.165, 1.54) is 0 Å². The van der Waals surface area contributed by atoms with Crippen LogP contribution in [0.1, 0.15) is 31.2 Å². The first-order valence-electron chi connectivity index (χ1n) is 6.44. The third-order valence-electron chi connectivity index (χ3n) is 2.78. The van der Waals surface area contributed by atoms with Gasteiger partial charge in [0.05, 0.1) is 5.92 Å². The summed E-state index contributed by atoms with van der Waals surface area (Å²) in [6, 6.07) is 8.56. The third-order valence-corrected chi connectivity index (χ3v) is 2.78. The molecule has 3 N–H and O–H groups in total. The van der Waals surface area contributed by atoms with Crippen molar-refractivity contribution in [2.24, 2.45) is 0 Å². The van der Waals surface area contributed by atoms with Crippen LogP contribution in [-0.2, 0) is 4.79 Å². The van der Waals surface area contributed by atoms with Gasteiger partial charge in [0, 0.05) is 13.1 Å². The molecular weight excluding hydrogens is 244 g/mol. The number of rotatable bonds is 7. The first kappa shape index (κ1) is 15.0. The van der Waals surface area contributed by atoms with Crippen molar-refractivity contribution in [1.82, 2.24) is 10.6 Å². The maximum atomic E-state index is 11.5. The van der Waals surface area contributed by atoms with Gasteiger partial charge in [-0.1, -0.05) is 43.7 Å². The molecule has 0 aliphatic rings. The zero-order valence-electron chi connectivity index (χ0n) is 11.1. The van der Waals surface area contributed by atoms with E-state index in [2.05, 4.69) is 10.6 Å². The van der Waals surface area contributed by atoms with E-state index in [1.54, 1.807) is 24.3 Å². The highest BCUT2D eigenvalue weighted by atomic mass is 16.4. The number of carbonyl (C=O) groups is 2. The summed E-state index contributed by atoms with van der Waals surface area (Å²) in [5, 5.41) is 14.5. The molecule has 1 rings (SSSR count). The molecule has 0 radical (unpaired) electrons. The first-order valence-corrected chi connectivity index (χ1v) is 6.44. The van der Waals surface area contributed by atoms with E-state index in [0.29, 0.717) is 12.1 Å². The summed E-state index contributed by atoms with van der Waals surface area (Å²) in [7, 11) is 0. The van der Waals surface area contributed by atoms with Crippen LogP contribution in [-0.4, -0.2) is 30.2 Å². The molecular formula is C14H20N2O3. The summed E-state index contributed by atoms with van der Waals surface area (Å²) >= 11 is 0. The molecule has 0 saturated carbocycles. The van der Waals surface area contributed by atoms with Gasteiger partial charge in [0.15, 0.2) is 0 Å². The molecule has 0 aromatic heterocycles. The molecule has 0 aliphatic heterocycles. The lowest BCUT2D eigenvalue weighted by atomic mass is 9.99. The molecule has 0 aliphatic carbocycles. The highest BCUT2D eigenvalue weighted by Gasteiger charge is 2.20. The van der Waals surface area contributed by atoms with E-state index in [4.69, 9.17) is 0 Å². The summed E-state index contributed by atoms with van der Waals surface area (Å²) in [5.41, 5.74) is 0.684. The minimum Gasteiger partial charge on any atom is -0.481 e. The van der Waals surface area contributed by atoms with E-state index in [9.17, 15) is 14.7 Å². The van der Waals surface area contributed by atoms with Gasteiger partial charge in [-0.05, 0) is 12.0 Å². The zero-order valence-corrected chi connectivity index (χ0v) is 11.1. The maximum Gasteiger partial charge on any atom is 0.314 e. The fourth-order valence-corrected chi connectivity index (χ4v) is 1.67. The fraction of sp³-hybridized carbons (Fsp3) is 0.429. The van der Waals surface area contributed by atoms with Crippen molar-refractivity contribution in [3.05, 3.63) is 35.9 Å². The fourth-order valence-electron chi connectivity index (χ4n) is 1.67. The summed E-state index contributed by atoms with van der Waals surface area (Å²) in [6.07, 6.45) is 1.91. The lowest BCUT2D eigenvalue weighted by molar-refractivity contribution is -0.138. The van der Waals surface area contributed by atoms with Gasteiger partial charge >= 0.3 is 12.0 Å². The van der Waals surface area contributed by atoms with Crippen LogP contribution < -0.4 is 10.6 Å². The van der Waals surface area contributed by atoms with Crippen LogP contribution >= 0.6 is 0 Å². The molecule has 104 valence electrons. The number of amides is 2. The van der Waals surface area contributed by atoms with E-state index in [-0.39, 0.29) is 12.6 Å². The Bertz CT molecular complexity index is 406. The number of benzene rings is 1. The minimum atomic E-state index is -0.944. The molecule has 1 aromatic carbocycles. The quantitative estimate of drug-likeness (QED) is 0.659. The largest absolute Gasteiger partial charge is 0.481 e. The van der Waals surface area contributed by atoms with Crippen LogP contribution in [0, 0.1) is 0 Å². The molecule has 1 unspecified atom stereocenters.